The van der Waals surface area contributed by atoms with Gasteiger partial charge in [-0.3, -0.25) is 0 Å². The monoisotopic (exact) mass is 219 g/mol. The zero-order chi connectivity index (χ0) is 10.9. The molecule has 1 aliphatic carbocycles. The second-order valence-corrected chi connectivity index (χ2v) is 6.15. The average Bonchev–Trinajstić information content (AvgIpc) is 2.72. The Labute approximate surface area is 95.7 Å². The number of hydrogen-bond donors (Lipinski definition) is 0. The molecule has 0 aromatic carbocycles. The Morgan fingerprint density at radius 3 is 2.40 bits per heavy atom. The maximum atomic E-state index is 9.44. The second-order valence-electron chi connectivity index (χ2n) is 5.37. The highest BCUT2D eigenvalue weighted by atomic mass is 32.1. The van der Waals surface area contributed by atoms with Gasteiger partial charge in [0.25, 0.3) is 0 Å². The van der Waals surface area contributed by atoms with Crippen LogP contribution in [0.5, 0.6) is 0 Å². The Balaban J connectivity index is 2.24. The molecule has 0 radical (unpaired) electrons. The summed E-state index contributed by atoms with van der Waals surface area (Å²) in [5, 5.41) is 13.7. The van der Waals surface area contributed by atoms with Gasteiger partial charge in [0.15, 0.2) is 0 Å². The van der Waals surface area contributed by atoms with E-state index in [1.54, 1.807) is 11.3 Å². The first-order valence-corrected chi connectivity index (χ1v) is 6.46. The molecule has 2 heteroatoms. The maximum Gasteiger partial charge on any atom is 0.0830 e. The van der Waals surface area contributed by atoms with Crippen LogP contribution in [0.25, 0.3) is 0 Å². The molecule has 0 N–H and O–H groups in total. The van der Waals surface area contributed by atoms with Gasteiger partial charge in [-0.05, 0) is 53.5 Å². The van der Waals surface area contributed by atoms with Crippen LogP contribution in [0.3, 0.4) is 0 Å². The van der Waals surface area contributed by atoms with Crippen LogP contribution in [-0.2, 0) is 5.41 Å². The van der Waals surface area contributed by atoms with Gasteiger partial charge in [-0.25, -0.2) is 0 Å². The molecule has 1 saturated carbocycles. The third-order valence-corrected chi connectivity index (χ3v) is 4.43. The summed E-state index contributed by atoms with van der Waals surface area (Å²) in [6, 6.07) is 4.68. The van der Waals surface area contributed by atoms with E-state index in [9.17, 15) is 5.26 Å². The minimum absolute atomic E-state index is 0.185. The van der Waals surface area contributed by atoms with Gasteiger partial charge in [0, 0.05) is 0 Å². The summed E-state index contributed by atoms with van der Waals surface area (Å²) in [6.45, 7) is 4.61. The highest BCUT2D eigenvalue weighted by Gasteiger charge is 2.39. The van der Waals surface area contributed by atoms with Crippen molar-refractivity contribution in [2.75, 3.05) is 0 Å². The minimum Gasteiger partial charge on any atom is -0.197 e. The predicted molar refractivity (Wildman–Crippen MR) is 63.9 cm³/mol. The standard InChI is InChI=1S/C13H17NS/c1-12(2)4-6-13(10-14,7-5-12)11-3-8-15-9-11/h3,8-9H,4-7H2,1-2H3. The van der Waals surface area contributed by atoms with Crippen LogP contribution < -0.4 is 0 Å². The molecule has 1 nitrogen and oxygen atoms in total. The zero-order valence-corrected chi connectivity index (χ0v) is 10.2. The Morgan fingerprint density at radius 1 is 1.27 bits per heavy atom. The molecule has 0 bridgehead atoms. The Hall–Kier alpha value is -0.810. The van der Waals surface area contributed by atoms with Gasteiger partial charge < -0.3 is 0 Å². The molecule has 1 aliphatic rings. The largest absolute Gasteiger partial charge is 0.197 e. The molecule has 1 aromatic rings. The highest BCUT2D eigenvalue weighted by molar-refractivity contribution is 7.08. The Kier molecular flexibility index (Phi) is 2.60. The van der Waals surface area contributed by atoms with Crippen molar-refractivity contribution in [3.63, 3.8) is 0 Å². The van der Waals surface area contributed by atoms with E-state index in [2.05, 4.69) is 36.7 Å². The van der Waals surface area contributed by atoms with Crippen molar-refractivity contribution >= 4 is 11.3 Å². The minimum atomic E-state index is -0.185. The molecule has 1 fully saturated rings. The van der Waals surface area contributed by atoms with E-state index in [1.165, 1.54) is 5.56 Å². The molecule has 15 heavy (non-hydrogen) atoms. The van der Waals surface area contributed by atoms with Crippen LogP contribution in [0.15, 0.2) is 16.8 Å². The average molecular weight is 219 g/mol. The molecule has 0 unspecified atom stereocenters. The van der Waals surface area contributed by atoms with E-state index in [0.717, 1.165) is 25.7 Å². The smallest absolute Gasteiger partial charge is 0.0830 e. The summed E-state index contributed by atoms with van der Waals surface area (Å²) in [7, 11) is 0. The lowest BCUT2D eigenvalue weighted by Crippen LogP contribution is -2.33. The number of hydrogen-bond acceptors (Lipinski definition) is 2. The van der Waals surface area contributed by atoms with Crippen molar-refractivity contribution in [1.82, 2.24) is 0 Å². The topological polar surface area (TPSA) is 23.8 Å². The van der Waals surface area contributed by atoms with Crippen molar-refractivity contribution < 1.29 is 0 Å². The van der Waals surface area contributed by atoms with Crippen LogP contribution in [0.2, 0.25) is 0 Å². The summed E-state index contributed by atoms with van der Waals surface area (Å²) in [4.78, 5) is 0. The van der Waals surface area contributed by atoms with Crippen molar-refractivity contribution in [2.24, 2.45) is 5.41 Å². The van der Waals surface area contributed by atoms with Gasteiger partial charge in [-0.1, -0.05) is 13.8 Å². The second kappa shape index (κ2) is 3.64. The van der Waals surface area contributed by atoms with E-state index >= 15 is 0 Å². The van der Waals surface area contributed by atoms with Crippen molar-refractivity contribution in [3.8, 4) is 6.07 Å². The van der Waals surface area contributed by atoms with Crippen LogP contribution in [0.1, 0.15) is 45.1 Å². The van der Waals surface area contributed by atoms with Crippen LogP contribution >= 0.6 is 11.3 Å². The molecule has 0 spiro atoms. The summed E-state index contributed by atoms with van der Waals surface area (Å²) >= 11 is 1.70. The third-order valence-electron chi connectivity index (χ3n) is 3.74. The van der Waals surface area contributed by atoms with Crippen molar-refractivity contribution in [1.29, 1.82) is 5.26 Å². The van der Waals surface area contributed by atoms with Gasteiger partial charge >= 0.3 is 0 Å². The molecule has 0 atom stereocenters. The molecule has 80 valence electrons. The van der Waals surface area contributed by atoms with Crippen LogP contribution in [-0.4, -0.2) is 0 Å². The van der Waals surface area contributed by atoms with Gasteiger partial charge in [-0.15, -0.1) is 0 Å². The number of rotatable bonds is 1. The van der Waals surface area contributed by atoms with Crippen LogP contribution in [0.4, 0.5) is 0 Å². The number of nitriles is 1. The first kappa shape index (κ1) is 10.7. The molecule has 0 saturated heterocycles. The maximum absolute atomic E-state index is 9.44. The van der Waals surface area contributed by atoms with E-state index in [-0.39, 0.29) is 5.41 Å². The van der Waals surface area contributed by atoms with Gasteiger partial charge in [0.05, 0.1) is 11.5 Å². The number of thiophene rings is 1. The summed E-state index contributed by atoms with van der Waals surface area (Å²) in [5.41, 5.74) is 1.48. The lowest BCUT2D eigenvalue weighted by molar-refractivity contribution is 0.194. The van der Waals surface area contributed by atoms with Crippen LogP contribution in [0, 0.1) is 16.7 Å². The quantitative estimate of drug-likeness (QED) is 0.697. The lowest BCUT2D eigenvalue weighted by Gasteiger charge is -2.39. The fourth-order valence-electron chi connectivity index (χ4n) is 2.36. The molecule has 1 heterocycles. The summed E-state index contributed by atoms with van der Waals surface area (Å²) < 4.78 is 0. The molecule has 0 amide bonds. The molecule has 1 aromatic heterocycles. The van der Waals surface area contributed by atoms with E-state index < -0.39 is 0 Å². The number of nitrogens with zero attached hydrogens (tertiary/aromatic N) is 1. The molecule has 0 aliphatic heterocycles. The predicted octanol–water partition coefficient (Wildman–Crippen LogP) is 4.11. The van der Waals surface area contributed by atoms with Gasteiger partial charge in [0.2, 0.25) is 0 Å². The summed E-state index contributed by atoms with van der Waals surface area (Å²) in [6.07, 6.45) is 4.37. The van der Waals surface area contributed by atoms with E-state index in [4.69, 9.17) is 0 Å². The fourth-order valence-corrected chi connectivity index (χ4v) is 3.11. The first-order chi connectivity index (χ1) is 7.08. The van der Waals surface area contributed by atoms with Gasteiger partial charge in [0.1, 0.15) is 0 Å². The SMILES string of the molecule is CC1(C)CCC(C#N)(c2ccsc2)CC1. The first-order valence-electron chi connectivity index (χ1n) is 5.52. The van der Waals surface area contributed by atoms with Gasteiger partial charge in [-0.2, -0.15) is 16.6 Å². The molecular weight excluding hydrogens is 202 g/mol. The normalized spacial score (nSPS) is 23.3. The van der Waals surface area contributed by atoms with E-state index in [1.807, 2.05) is 0 Å². The highest BCUT2D eigenvalue weighted by Crippen LogP contribution is 2.46. The third kappa shape index (κ3) is 1.94. The van der Waals surface area contributed by atoms with Crippen molar-refractivity contribution in [3.05, 3.63) is 22.4 Å². The Bertz CT molecular complexity index is 360. The van der Waals surface area contributed by atoms with Crippen molar-refractivity contribution in [2.45, 2.75) is 44.9 Å². The van der Waals surface area contributed by atoms with E-state index in [0.29, 0.717) is 5.41 Å². The molecule has 2 rings (SSSR count). The zero-order valence-electron chi connectivity index (χ0n) is 9.42. The summed E-state index contributed by atoms with van der Waals surface area (Å²) in [5.74, 6) is 0. The lowest BCUT2D eigenvalue weighted by atomic mass is 9.63. The Morgan fingerprint density at radius 2 is 1.93 bits per heavy atom. The fraction of sp³-hybridized carbons (Fsp3) is 0.615. The molecular formula is C13H17NS.